The van der Waals surface area contributed by atoms with Crippen LogP contribution in [0.25, 0.3) is 0 Å². The van der Waals surface area contributed by atoms with Gasteiger partial charge in [-0.2, -0.15) is 5.10 Å². The number of likely N-dealkylation sites (tertiary alicyclic amines) is 1. The van der Waals surface area contributed by atoms with E-state index in [2.05, 4.69) is 10.2 Å². The molecule has 0 aromatic carbocycles. The molecule has 1 fully saturated rings. The maximum atomic E-state index is 12.4. The molecule has 0 saturated carbocycles. The van der Waals surface area contributed by atoms with Crippen molar-refractivity contribution in [3.63, 3.8) is 0 Å². The summed E-state index contributed by atoms with van der Waals surface area (Å²) in [7, 11) is 0. The van der Waals surface area contributed by atoms with Gasteiger partial charge in [0.15, 0.2) is 0 Å². The molecule has 1 atom stereocenters. The van der Waals surface area contributed by atoms with Crippen molar-refractivity contribution in [1.82, 2.24) is 15.1 Å². The molecule has 0 aliphatic carbocycles. The first-order valence-corrected chi connectivity index (χ1v) is 7.05. The van der Waals surface area contributed by atoms with Gasteiger partial charge in [0.05, 0.1) is 12.1 Å². The number of hydrogen-bond acceptors (Lipinski definition) is 6. The molecule has 0 N–H and O–H groups in total. The van der Waals surface area contributed by atoms with Crippen LogP contribution in [0.5, 0.6) is 5.88 Å². The van der Waals surface area contributed by atoms with Crippen LogP contribution in [0.2, 0.25) is 0 Å². The Labute approximate surface area is 126 Å². The molecule has 3 rings (SSSR count). The lowest BCUT2D eigenvalue weighted by atomic mass is 10.1. The van der Waals surface area contributed by atoms with E-state index < -0.39 is 5.63 Å². The highest BCUT2D eigenvalue weighted by atomic mass is 16.5. The minimum Gasteiger partial charge on any atom is -0.471 e. The van der Waals surface area contributed by atoms with Crippen molar-refractivity contribution in [3.05, 3.63) is 52.7 Å². The van der Waals surface area contributed by atoms with Gasteiger partial charge >= 0.3 is 5.63 Å². The number of amides is 1. The van der Waals surface area contributed by atoms with E-state index in [1.807, 2.05) is 0 Å². The second kappa shape index (κ2) is 6.38. The summed E-state index contributed by atoms with van der Waals surface area (Å²) in [5, 5.41) is 7.65. The highest BCUT2D eigenvalue weighted by Crippen LogP contribution is 2.17. The van der Waals surface area contributed by atoms with Crippen LogP contribution in [-0.2, 0) is 0 Å². The second-order valence-corrected chi connectivity index (χ2v) is 5.04. The van der Waals surface area contributed by atoms with Crippen molar-refractivity contribution in [3.8, 4) is 5.88 Å². The monoisotopic (exact) mass is 301 g/mol. The Bertz CT molecular complexity index is 681. The van der Waals surface area contributed by atoms with Gasteiger partial charge in [0.2, 0.25) is 5.88 Å². The molecule has 22 heavy (non-hydrogen) atoms. The molecular weight excluding hydrogens is 286 g/mol. The Morgan fingerprint density at radius 3 is 3.00 bits per heavy atom. The molecule has 1 aliphatic rings. The number of hydrogen-bond donors (Lipinski definition) is 0. The third-order valence-corrected chi connectivity index (χ3v) is 3.45. The predicted molar refractivity (Wildman–Crippen MR) is 76.6 cm³/mol. The van der Waals surface area contributed by atoms with Gasteiger partial charge in [-0.3, -0.25) is 4.79 Å². The van der Waals surface area contributed by atoms with Crippen molar-refractivity contribution in [1.29, 1.82) is 0 Å². The smallest absolute Gasteiger partial charge is 0.335 e. The van der Waals surface area contributed by atoms with Crippen LogP contribution in [-0.4, -0.2) is 40.2 Å². The largest absolute Gasteiger partial charge is 0.471 e. The van der Waals surface area contributed by atoms with Gasteiger partial charge in [-0.05, 0) is 25.0 Å². The van der Waals surface area contributed by atoms with Crippen LogP contribution in [0.15, 0.2) is 45.9 Å². The van der Waals surface area contributed by atoms with E-state index in [1.54, 1.807) is 23.2 Å². The average molecular weight is 301 g/mol. The summed E-state index contributed by atoms with van der Waals surface area (Å²) in [6, 6.07) is 6.20. The Morgan fingerprint density at radius 1 is 1.36 bits per heavy atom. The molecule has 7 nitrogen and oxygen atoms in total. The summed E-state index contributed by atoms with van der Waals surface area (Å²) in [4.78, 5) is 25.0. The van der Waals surface area contributed by atoms with Gasteiger partial charge in [0.25, 0.3) is 5.91 Å². The van der Waals surface area contributed by atoms with Crippen LogP contribution in [0.3, 0.4) is 0 Å². The summed E-state index contributed by atoms with van der Waals surface area (Å²) in [5.41, 5.74) is -0.112. The maximum Gasteiger partial charge on any atom is 0.335 e. The zero-order valence-electron chi connectivity index (χ0n) is 11.8. The lowest BCUT2D eigenvalue weighted by Gasteiger charge is -2.32. The normalized spacial score (nSPS) is 18.0. The molecule has 0 radical (unpaired) electrons. The molecule has 1 aliphatic heterocycles. The first-order chi connectivity index (χ1) is 10.7. The fourth-order valence-electron chi connectivity index (χ4n) is 2.40. The summed E-state index contributed by atoms with van der Waals surface area (Å²) < 4.78 is 10.5. The van der Waals surface area contributed by atoms with E-state index in [0.717, 1.165) is 12.8 Å². The molecule has 2 aromatic rings. The Hall–Kier alpha value is -2.70. The first kappa shape index (κ1) is 14.2. The number of nitrogens with zero attached hydrogens (tertiary/aromatic N) is 3. The van der Waals surface area contributed by atoms with Crippen LogP contribution in [0, 0.1) is 0 Å². The quantitative estimate of drug-likeness (QED) is 0.844. The molecule has 0 bridgehead atoms. The fourth-order valence-corrected chi connectivity index (χ4v) is 2.40. The minimum atomic E-state index is -0.473. The number of carbonyl (C=O) groups is 1. The third-order valence-electron chi connectivity index (χ3n) is 3.45. The standard InChI is InChI=1S/C15H15N3O4/c19-14-6-5-11(10-21-14)15(20)18-8-2-3-12(9-18)22-13-4-1-7-16-17-13/h1,4-7,10,12H,2-3,8-9H2. The van der Waals surface area contributed by atoms with Gasteiger partial charge in [-0.25, -0.2) is 4.79 Å². The van der Waals surface area contributed by atoms with Gasteiger partial charge in [-0.15, -0.1) is 5.10 Å². The van der Waals surface area contributed by atoms with Crippen molar-refractivity contribution in [2.45, 2.75) is 18.9 Å². The number of aromatic nitrogens is 2. The van der Waals surface area contributed by atoms with Crippen LogP contribution in [0.1, 0.15) is 23.2 Å². The average Bonchev–Trinajstić information content (AvgIpc) is 2.56. The van der Waals surface area contributed by atoms with E-state index in [0.29, 0.717) is 24.5 Å². The van der Waals surface area contributed by atoms with Crippen molar-refractivity contribution in [2.24, 2.45) is 0 Å². The van der Waals surface area contributed by atoms with E-state index in [4.69, 9.17) is 9.15 Å². The molecular formula is C15H15N3O4. The number of carbonyl (C=O) groups excluding carboxylic acids is 1. The summed E-state index contributed by atoms with van der Waals surface area (Å²) in [6.45, 7) is 1.12. The minimum absolute atomic E-state index is 0.120. The summed E-state index contributed by atoms with van der Waals surface area (Å²) >= 11 is 0. The fraction of sp³-hybridized carbons (Fsp3) is 0.333. The van der Waals surface area contributed by atoms with E-state index in [9.17, 15) is 9.59 Å². The molecule has 114 valence electrons. The highest BCUT2D eigenvalue weighted by molar-refractivity contribution is 5.93. The zero-order chi connectivity index (χ0) is 15.4. The SMILES string of the molecule is O=C(c1ccc(=O)oc1)N1CCCC(Oc2cccnn2)C1. The topological polar surface area (TPSA) is 85.5 Å². The summed E-state index contributed by atoms with van der Waals surface area (Å²) in [6.07, 6.45) is 4.34. The predicted octanol–water partition coefficient (Wildman–Crippen LogP) is 1.11. The molecule has 1 saturated heterocycles. The van der Waals surface area contributed by atoms with Crippen LogP contribution >= 0.6 is 0 Å². The highest BCUT2D eigenvalue weighted by Gasteiger charge is 2.26. The van der Waals surface area contributed by atoms with E-state index in [-0.39, 0.29) is 12.0 Å². The Balaban J connectivity index is 1.66. The third kappa shape index (κ3) is 3.30. The lowest BCUT2D eigenvalue weighted by Crippen LogP contribution is -2.44. The number of piperidine rings is 1. The van der Waals surface area contributed by atoms with Crippen molar-refractivity contribution >= 4 is 5.91 Å². The molecule has 0 spiro atoms. The van der Waals surface area contributed by atoms with Crippen LogP contribution in [0.4, 0.5) is 0 Å². The molecule has 7 heteroatoms. The summed E-state index contributed by atoms with van der Waals surface area (Å²) in [5.74, 6) is 0.281. The number of ether oxygens (including phenoxy) is 1. The molecule has 1 unspecified atom stereocenters. The van der Waals surface area contributed by atoms with Gasteiger partial charge < -0.3 is 14.1 Å². The lowest BCUT2D eigenvalue weighted by molar-refractivity contribution is 0.0523. The van der Waals surface area contributed by atoms with E-state index in [1.165, 1.54) is 18.4 Å². The molecule has 3 heterocycles. The maximum absolute atomic E-state index is 12.4. The molecule has 2 aromatic heterocycles. The molecule has 1 amide bonds. The van der Waals surface area contributed by atoms with Gasteiger partial charge in [0.1, 0.15) is 12.4 Å². The van der Waals surface area contributed by atoms with Crippen LogP contribution < -0.4 is 10.4 Å². The Kier molecular flexibility index (Phi) is 4.13. The first-order valence-electron chi connectivity index (χ1n) is 7.05. The van der Waals surface area contributed by atoms with Gasteiger partial charge in [0, 0.05) is 24.9 Å². The number of rotatable bonds is 3. The van der Waals surface area contributed by atoms with E-state index >= 15 is 0 Å². The van der Waals surface area contributed by atoms with Gasteiger partial charge in [-0.1, -0.05) is 0 Å². The van der Waals surface area contributed by atoms with Crippen molar-refractivity contribution in [2.75, 3.05) is 13.1 Å². The second-order valence-electron chi connectivity index (χ2n) is 5.04. The Morgan fingerprint density at radius 2 is 2.27 bits per heavy atom. The zero-order valence-corrected chi connectivity index (χ0v) is 11.8. The van der Waals surface area contributed by atoms with Crippen molar-refractivity contribution < 1.29 is 13.9 Å².